The van der Waals surface area contributed by atoms with E-state index in [1.54, 1.807) is 0 Å². The number of carbonyl (C=O) groups excluding carboxylic acids is 1. The first kappa shape index (κ1) is 22.3. The van der Waals surface area contributed by atoms with Crippen molar-refractivity contribution in [3.05, 3.63) is 70.2 Å². The van der Waals surface area contributed by atoms with Crippen LogP contribution in [0.25, 0.3) is 21.9 Å². The molecule has 3 nitrogen and oxygen atoms in total. The first-order valence-electron chi connectivity index (χ1n) is 10.2. The summed E-state index contributed by atoms with van der Waals surface area (Å²) in [5, 5.41) is 2.86. The van der Waals surface area contributed by atoms with E-state index in [2.05, 4.69) is 31.2 Å². The highest BCUT2D eigenvalue weighted by atomic mass is 35.5. The maximum Gasteiger partial charge on any atom is 0.339 e. The monoisotopic (exact) mass is 424 g/mol. The molecular formula is C26H29ClO3. The molecule has 30 heavy (non-hydrogen) atoms. The molecule has 3 aromatic rings. The molecule has 158 valence electrons. The summed E-state index contributed by atoms with van der Waals surface area (Å²) in [6.07, 6.45) is -0.832. The minimum absolute atomic E-state index is 0.297. The van der Waals surface area contributed by atoms with Gasteiger partial charge in [0.1, 0.15) is 0 Å². The summed E-state index contributed by atoms with van der Waals surface area (Å²) in [5.74, 6) is -0.378. The second kappa shape index (κ2) is 8.79. The fourth-order valence-corrected chi connectivity index (χ4v) is 3.87. The molecule has 0 aromatic heterocycles. The molecule has 0 aliphatic carbocycles. The molecular weight excluding hydrogens is 396 g/mol. The standard InChI is InChI=1S/C26H29ClO3/c1-7-29-25(28)24(30-26(4,5)6)22-17(3)15-19-14-16(2)8-13-21(19)23(22)18-9-11-20(27)12-10-18/h8-15,24H,7H2,1-6H3/t24-/m0/s1. The highest BCUT2D eigenvalue weighted by molar-refractivity contribution is 6.30. The Balaban J connectivity index is 2.37. The Morgan fingerprint density at radius 3 is 2.30 bits per heavy atom. The second-order valence-electron chi connectivity index (χ2n) is 8.58. The zero-order chi connectivity index (χ0) is 22.1. The molecule has 0 unspecified atom stereocenters. The Morgan fingerprint density at radius 1 is 1.03 bits per heavy atom. The fourth-order valence-electron chi connectivity index (χ4n) is 3.74. The van der Waals surface area contributed by atoms with Crippen molar-refractivity contribution >= 4 is 28.3 Å². The van der Waals surface area contributed by atoms with Crippen LogP contribution in [-0.2, 0) is 14.3 Å². The van der Waals surface area contributed by atoms with Crippen molar-refractivity contribution in [3.8, 4) is 11.1 Å². The minimum atomic E-state index is -0.832. The van der Waals surface area contributed by atoms with Gasteiger partial charge in [0.2, 0.25) is 0 Å². The van der Waals surface area contributed by atoms with E-state index in [9.17, 15) is 4.79 Å². The van der Waals surface area contributed by atoms with Gasteiger partial charge >= 0.3 is 5.97 Å². The molecule has 0 spiro atoms. The Labute approximate surface area is 184 Å². The SMILES string of the molecule is CCOC(=O)[C@@H](OC(C)(C)C)c1c(C)cc2cc(C)ccc2c1-c1ccc(Cl)cc1. The van der Waals surface area contributed by atoms with Crippen LogP contribution < -0.4 is 0 Å². The predicted molar refractivity (Wildman–Crippen MR) is 124 cm³/mol. The number of carbonyl (C=O) groups is 1. The lowest BCUT2D eigenvalue weighted by Crippen LogP contribution is -2.29. The van der Waals surface area contributed by atoms with E-state index < -0.39 is 11.7 Å². The average molecular weight is 425 g/mol. The molecule has 0 radical (unpaired) electrons. The van der Waals surface area contributed by atoms with Gasteiger partial charge in [-0.3, -0.25) is 0 Å². The molecule has 0 amide bonds. The van der Waals surface area contributed by atoms with Crippen LogP contribution >= 0.6 is 11.6 Å². The van der Waals surface area contributed by atoms with Crippen LogP contribution in [0.1, 0.15) is 50.5 Å². The summed E-state index contributed by atoms with van der Waals surface area (Å²) in [6, 6.07) is 16.2. The molecule has 0 aliphatic heterocycles. The third-order valence-electron chi connectivity index (χ3n) is 4.91. The molecule has 1 atom stereocenters. The van der Waals surface area contributed by atoms with E-state index >= 15 is 0 Å². The number of ether oxygens (including phenoxy) is 2. The van der Waals surface area contributed by atoms with Crippen molar-refractivity contribution in [2.75, 3.05) is 6.61 Å². The van der Waals surface area contributed by atoms with E-state index in [-0.39, 0.29) is 5.97 Å². The van der Waals surface area contributed by atoms with Gasteiger partial charge in [-0.2, -0.15) is 0 Å². The maximum absolute atomic E-state index is 13.0. The number of benzene rings is 3. The van der Waals surface area contributed by atoms with Crippen LogP contribution in [0.5, 0.6) is 0 Å². The summed E-state index contributed by atoms with van der Waals surface area (Å²) in [6.45, 7) is 12.0. The van der Waals surface area contributed by atoms with Gasteiger partial charge in [0, 0.05) is 10.6 Å². The number of hydrogen-bond acceptors (Lipinski definition) is 3. The van der Waals surface area contributed by atoms with Gasteiger partial charge in [-0.15, -0.1) is 0 Å². The van der Waals surface area contributed by atoms with Crippen molar-refractivity contribution in [2.24, 2.45) is 0 Å². The summed E-state index contributed by atoms with van der Waals surface area (Å²) in [4.78, 5) is 13.0. The highest BCUT2D eigenvalue weighted by Gasteiger charge is 2.32. The largest absolute Gasteiger partial charge is 0.464 e. The molecule has 3 aromatic carbocycles. The summed E-state index contributed by atoms with van der Waals surface area (Å²) in [7, 11) is 0. The van der Waals surface area contributed by atoms with Gasteiger partial charge in [-0.25, -0.2) is 4.79 Å². The minimum Gasteiger partial charge on any atom is -0.464 e. The van der Waals surface area contributed by atoms with E-state index in [0.717, 1.165) is 33.0 Å². The number of rotatable bonds is 5. The van der Waals surface area contributed by atoms with Gasteiger partial charge in [-0.1, -0.05) is 53.6 Å². The molecule has 0 heterocycles. The zero-order valence-electron chi connectivity index (χ0n) is 18.5. The van der Waals surface area contributed by atoms with Crippen LogP contribution in [0, 0.1) is 13.8 Å². The van der Waals surface area contributed by atoms with E-state index in [1.165, 1.54) is 5.56 Å². The highest BCUT2D eigenvalue weighted by Crippen LogP contribution is 2.41. The summed E-state index contributed by atoms with van der Waals surface area (Å²) < 4.78 is 11.7. The van der Waals surface area contributed by atoms with Crippen molar-refractivity contribution in [3.63, 3.8) is 0 Å². The fraction of sp³-hybridized carbons (Fsp3) is 0.346. The lowest BCUT2D eigenvalue weighted by molar-refractivity contribution is -0.166. The smallest absolute Gasteiger partial charge is 0.339 e. The van der Waals surface area contributed by atoms with Crippen molar-refractivity contribution in [2.45, 2.75) is 53.2 Å². The van der Waals surface area contributed by atoms with Crippen LogP contribution in [0.15, 0.2) is 48.5 Å². The third kappa shape index (κ3) is 4.85. The van der Waals surface area contributed by atoms with Gasteiger partial charge < -0.3 is 9.47 Å². The maximum atomic E-state index is 13.0. The molecule has 0 fully saturated rings. The van der Waals surface area contributed by atoms with Crippen LogP contribution in [0.3, 0.4) is 0 Å². The van der Waals surface area contributed by atoms with Gasteiger partial charge in [0.15, 0.2) is 6.10 Å². The second-order valence-corrected chi connectivity index (χ2v) is 9.01. The Hall–Kier alpha value is -2.36. The predicted octanol–water partition coefficient (Wildman–Crippen LogP) is 7.20. The number of fused-ring (bicyclic) bond motifs is 1. The molecule has 4 heteroatoms. The normalized spacial score (nSPS) is 12.8. The number of hydrogen-bond donors (Lipinski definition) is 0. The Morgan fingerprint density at radius 2 is 1.70 bits per heavy atom. The first-order chi connectivity index (χ1) is 14.1. The van der Waals surface area contributed by atoms with Gasteiger partial charge in [0.05, 0.1) is 12.2 Å². The first-order valence-corrected chi connectivity index (χ1v) is 10.6. The Kier molecular flexibility index (Phi) is 6.54. The molecule has 0 bridgehead atoms. The molecule has 0 aliphatic rings. The zero-order valence-corrected chi connectivity index (χ0v) is 19.3. The molecule has 0 N–H and O–H groups in total. The van der Waals surface area contributed by atoms with Crippen molar-refractivity contribution < 1.29 is 14.3 Å². The number of esters is 1. The van der Waals surface area contributed by atoms with Crippen molar-refractivity contribution in [1.29, 1.82) is 0 Å². The Bertz CT molecular complexity index is 1060. The quantitative estimate of drug-likeness (QED) is 0.406. The van der Waals surface area contributed by atoms with Crippen LogP contribution in [0.2, 0.25) is 5.02 Å². The third-order valence-corrected chi connectivity index (χ3v) is 5.16. The lowest BCUT2D eigenvalue weighted by Gasteiger charge is -2.29. The summed E-state index contributed by atoms with van der Waals surface area (Å²) >= 11 is 6.15. The topological polar surface area (TPSA) is 35.5 Å². The molecule has 0 saturated carbocycles. The lowest BCUT2D eigenvalue weighted by atomic mass is 9.86. The summed E-state index contributed by atoms with van der Waals surface area (Å²) in [5.41, 5.74) is 4.44. The van der Waals surface area contributed by atoms with E-state index in [0.29, 0.717) is 11.6 Å². The van der Waals surface area contributed by atoms with E-state index in [1.807, 2.05) is 58.9 Å². The average Bonchev–Trinajstić information content (AvgIpc) is 2.65. The molecule has 3 rings (SSSR count). The molecule has 0 saturated heterocycles. The number of aryl methyl sites for hydroxylation is 2. The van der Waals surface area contributed by atoms with E-state index in [4.69, 9.17) is 21.1 Å². The van der Waals surface area contributed by atoms with Gasteiger partial charge in [0.25, 0.3) is 0 Å². The van der Waals surface area contributed by atoms with Crippen LogP contribution in [0.4, 0.5) is 0 Å². The van der Waals surface area contributed by atoms with Crippen LogP contribution in [-0.4, -0.2) is 18.2 Å². The van der Waals surface area contributed by atoms with Gasteiger partial charge in [-0.05, 0) is 81.1 Å². The van der Waals surface area contributed by atoms with Crippen molar-refractivity contribution in [1.82, 2.24) is 0 Å². The number of halogens is 1.